The number of piperazine rings is 1. The van der Waals surface area contributed by atoms with Crippen LogP contribution in [0.1, 0.15) is 31.8 Å². The Morgan fingerprint density at radius 1 is 0.941 bits per heavy atom. The number of rotatable bonds is 5. The van der Waals surface area contributed by atoms with Crippen LogP contribution in [0.25, 0.3) is 0 Å². The molecule has 0 aliphatic carbocycles. The molecule has 0 atom stereocenters. The predicted octanol–water partition coefficient (Wildman–Crippen LogP) is 4.53. The van der Waals surface area contributed by atoms with Crippen LogP contribution in [-0.4, -0.2) is 47.8 Å². The zero-order chi connectivity index (χ0) is 24.1. The van der Waals surface area contributed by atoms with E-state index < -0.39 is 5.82 Å². The molecule has 2 amide bonds. The van der Waals surface area contributed by atoms with Gasteiger partial charge < -0.3 is 14.5 Å². The molecule has 3 aromatic rings. The highest BCUT2D eigenvalue weighted by Crippen LogP contribution is 2.21. The van der Waals surface area contributed by atoms with Crippen molar-refractivity contribution in [2.24, 2.45) is 0 Å². The molecule has 4 rings (SSSR count). The van der Waals surface area contributed by atoms with Gasteiger partial charge in [-0.15, -0.1) is 0 Å². The highest BCUT2D eigenvalue weighted by atomic mass is 35.5. The minimum Gasteiger partial charge on any atom is -0.489 e. The molecule has 1 fully saturated rings. The van der Waals surface area contributed by atoms with Gasteiger partial charge in [-0.05, 0) is 42.5 Å². The quantitative estimate of drug-likeness (QED) is 0.541. The van der Waals surface area contributed by atoms with Crippen molar-refractivity contribution in [1.82, 2.24) is 9.80 Å². The zero-order valence-corrected chi connectivity index (χ0v) is 19.0. The lowest BCUT2D eigenvalue weighted by molar-refractivity contribution is 0.0535. The van der Waals surface area contributed by atoms with Crippen LogP contribution in [0.2, 0.25) is 5.02 Å². The molecule has 3 aromatic carbocycles. The Bertz CT molecular complexity index is 1270. The van der Waals surface area contributed by atoms with Crippen molar-refractivity contribution in [3.05, 3.63) is 99.8 Å². The van der Waals surface area contributed by atoms with E-state index in [-0.39, 0.29) is 29.0 Å². The normalized spacial score (nSPS) is 13.3. The molecule has 1 aliphatic rings. The van der Waals surface area contributed by atoms with Gasteiger partial charge in [-0.1, -0.05) is 35.9 Å². The number of nitrogens with zero attached hydrogens (tertiary/aromatic N) is 3. The first-order valence-electron chi connectivity index (χ1n) is 10.7. The summed E-state index contributed by atoms with van der Waals surface area (Å²) in [7, 11) is 0. The molecule has 172 valence electrons. The summed E-state index contributed by atoms with van der Waals surface area (Å²) in [6.07, 6.45) is 0. The van der Waals surface area contributed by atoms with Crippen LogP contribution in [0.4, 0.5) is 4.39 Å². The Labute approximate surface area is 201 Å². The molecule has 0 bridgehead atoms. The van der Waals surface area contributed by atoms with E-state index in [1.807, 2.05) is 12.1 Å². The number of hydrogen-bond acceptors (Lipinski definition) is 4. The Kier molecular flexibility index (Phi) is 7.09. The summed E-state index contributed by atoms with van der Waals surface area (Å²) in [6.45, 7) is 1.64. The second-order valence-electron chi connectivity index (χ2n) is 7.79. The average molecular weight is 478 g/mol. The van der Waals surface area contributed by atoms with E-state index in [0.717, 1.165) is 11.6 Å². The number of amides is 2. The molecule has 8 heteroatoms. The molecule has 1 heterocycles. The monoisotopic (exact) mass is 477 g/mol. The first-order valence-corrected chi connectivity index (χ1v) is 11.1. The SMILES string of the molecule is N#Cc1ccccc1COc1cccc(C(=O)N2CCN(C(=O)c3ccc(F)cc3Cl)CC2)c1. The van der Waals surface area contributed by atoms with Gasteiger partial charge in [0.2, 0.25) is 0 Å². The largest absolute Gasteiger partial charge is 0.489 e. The fraction of sp³-hybridized carbons (Fsp3) is 0.192. The Morgan fingerprint density at radius 3 is 2.35 bits per heavy atom. The molecule has 1 saturated heterocycles. The first-order chi connectivity index (χ1) is 16.5. The van der Waals surface area contributed by atoms with Crippen LogP contribution in [0.15, 0.2) is 66.7 Å². The van der Waals surface area contributed by atoms with E-state index in [1.54, 1.807) is 46.2 Å². The smallest absolute Gasteiger partial charge is 0.255 e. The lowest BCUT2D eigenvalue weighted by Crippen LogP contribution is -2.50. The van der Waals surface area contributed by atoms with Gasteiger partial charge in [0.05, 0.1) is 22.2 Å². The van der Waals surface area contributed by atoms with Gasteiger partial charge >= 0.3 is 0 Å². The van der Waals surface area contributed by atoms with Crippen molar-refractivity contribution in [3.63, 3.8) is 0 Å². The number of nitriles is 1. The molecule has 0 saturated carbocycles. The van der Waals surface area contributed by atoms with Crippen molar-refractivity contribution in [2.75, 3.05) is 26.2 Å². The summed E-state index contributed by atoms with van der Waals surface area (Å²) in [4.78, 5) is 29.0. The number of carbonyl (C=O) groups excluding carboxylic acids is 2. The summed E-state index contributed by atoms with van der Waals surface area (Å²) in [5, 5.41) is 9.28. The van der Waals surface area contributed by atoms with E-state index in [0.29, 0.717) is 43.1 Å². The van der Waals surface area contributed by atoms with Crippen molar-refractivity contribution in [1.29, 1.82) is 5.26 Å². The standard InChI is InChI=1S/C26H21ClFN3O3/c27-24-15-21(28)8-9-23(24)26(33)31-12-10-30(11-13-31)25(32)18-6-3-7-22(14-18)34-17-20-5-2-1-4-19(20)16-29/h1-9,14-15H,10-13,17H2. The lowest BCUT2D eigenvalue weighted by atomic mass is 10.1. The molecule has 0 radical (unpaired) electrons. The maximum atomic E-state index is 13.3. The van der Waals surface area contributed by atoms with E-state index in [1.165, 1.54) is 12.1 Å². The Hall–Kier alpha value is -3.89. The van der Waals surface area contributed by atoms with E-state index in [4.69, 9.17) is 16.3 Å². The summed E-state index contributed by atoms with van der Waals surface area (Å²) >= 11 is 6.02. The Balaban J connectivity index is 1.37. The molecule has 6 nitrogen and oxygen atoms in total. The first kappa shape index (κ1) is 23.3. The van der Waals surface area contributed by atoms with Crippen LogP contribution in [0, 0.1) is 17.1 Å². The van der Waals surface area contributed by atoms with E-state index in [2.05, 4.69) is 6.07 Å². The minimum atomic E-state index is -0.502. The Morgan fingerprint density at radius 2 is 1.65 bits per heavy atom. The molecular formula is C26H21ClFN3O3. The van der Waals surface area contributed by atoms with Gasteiger partial charge in [0.15, 0.2) is 0 Å². The van der Waals surface area contributed by atoms with Gasteiger partial charge in [-0.3, -0.25) is 9.59 Å². The second kappa shape index (κ2) is 10.4. The third-order valence-electron chi connectivity index (χ3n) is 5.63. The maximum Gasteiger partial charge on any atom is 0.255 e. The number of carbonyl (C=O) groups is 2. The number of halogens is 2. The minimum absolute atomic E-state index is 0.0673. The number of benzene rings is 3. The fourth-order valence-corrected chi connectivity index (χ4v) is 4.01. The van der Waals surface area contributed by atoms with Crippen LogP contribution in [0.5, 0.6) is 5.75 Å². The highest BCUT2D eigenvalue weighted by Gasteiger charge is 2.26. The van der Waals surface area contributed by atoms with Crippen molar-refractivity contribution >= 4 is 23.4 Å². The van der Waals surface area contributed by atoms with Crippen LogP contribution in [0.3, 0.4) is 0 Å². The van der Waals surface area contributed by atoms with Crippen LogP contribution in [-0.2, 0) is 6.61 Å². The average Bonchev–Trinajstić information content (AvgIpc) is 2.87. The fourth-order valence-electron chi connectivity index (χ4n) is 3.76. The summed E-state index contributed by atoms with van der Waals surface area (Å²) in [5.74, 6) is -0.421. The van der Waals surface area contributed by atoms with Gasteiger partial charge in [0.1, 0.15) is 18.2 Å². The van der Waals surface area contributed by atoms with Crippen molar-refractivity contribution < 1.29 is 18.7 Å². The molecule has 0 spiro atoms. The third-order valence-corrected chi connectivity index (χ3v) is 5.94. The topological polar surface area (TPSA) is 73.6 Å². The zero-order valence-electron chi connectivity index (χ0n) is 18.2. The highest BCUT2D eigenvalue weighted by molar-refractivity contribution is 6.33. The summed E-state index contributed by atoms with van der Waals surface area (Å²) in [5.41, 5.74) is 2.03. The molecule has 0 aromatic heterocycles. The molecular weight excluding hydrogens is 457 g/mol. The predicted molar refractivity (Wildman–Crippen MR) is 125 cm³/mol. The molecule has 34 heavy (non-hydrogen) atoms. The van der Waals surface area contributed by atoms with Gasteiger partial charge in [-0.25, -0.2) is 4.39 Å². The van der Waals surface area contributed by atoms with E-state index in [9.17, 15) is 19.2 Å². The second-order valence-corrected chi connectivity index (χ2v) is 8.20. The lowest BCUT2D eigenvalue weighted by Gasteiger charge is -2.35. The summed E-state index contributed by atoms with van der Waals surface area (Å²) < 4.78 is 19.1. The van der Waals surface area contributed by atoms with Crippen LogP contribution < -0.4 is 4.74 Å². The van der Waals surface area contributed by atoms with Gasteiger partial charge in [0, 0.05) is 37.3 Å². The van der Waals surface area contributed by atoms with Gasteiger partial charge in [-0.2, -0.15) is 5.26 Å². The maximum absolute atomic E-state index is 13.3. The van der Waals surface area contributed by atoms with Gasteiger partial charge in [0.25, 0.3) is 11.8 Å². The summed E-state index contributed by atoms with van der Waals surface area (Å²) in [6, 6.07) is 19.9. The van der Waals surface area contributed by atoms with Crippen molar-refractivity contribution in [3.8, 4) is 11.8 Å². The number of ether oxygens (including phenoxy) is 1. The molecule has 1 aliphatic heterocycles. The molecule has 0 N–H and O–H groups in total. The molecule has 0 unspecified atom stereocenters. The van der Waals surface area contributed by atoms with E-state index >= 15 is 0 Å². The number of hydrogen-bond donors (Lipinski definition) is 0. The van der Waals surface area contributed by atoms with Crippen LogP contribution >= 0.6 is 11.6 Å². The third kappa shape index (κ3) is 5.19. The van der Waals surface area contributed by atoms with Crippen molar-refractivity contribution in [2.45, 2.75) is 6.61 Å².